The molecule has 1 N–H and O–H groups in total. The van der Waals surface area contributed by atoms with E-state index in [9.17, 15) is 13.2 Å². The van der Waals surface area contributed by atoms with Crippen molar-refractivity contribution < 1.29 is 13.2 Å². The van der Waals surface area contributed by atoms with Gasteiger partial charge in [0.15, 0.2) is 5.69 Å². The van der Waals surface area contributed by atoms with Crippen molar-refractivity contribution in [2.45, 2.75) is 31.6 Å². The Labute approximate surface area is 132 Å². The van der Waals surface area contributed by atoms with E-state index in [-0.39, 0.29) is 11.4 Å². The van der Waals surface area contributed by atoms with Crippen LogP contribution in [0.1, 0.15) is 23.4 Å². The lowest BCUT2D eigenvalue weighted by Crippen LogP contribution is -2.18. The molecule has 2 nitrogen and oxygen atoms in total. The number of thiazole rings is 1. The van der Waals surface area contributed by atoms with E-state index in [4.69, 9.17) is 0 Å². The quantitative estimate of drug-likeness (QED) is 0.825. The van der Waals surface area contributed by atoms with Gasteiger partial charge in [-0.1, -0.05) is 28.1 Å². The monoisotopic (exact) mass is 376 g/mol. The maximum atomic E-state index is 13.1. The van der Waals surface area contributed by atoms with Crippen LogP contribution >= 0.6 is 27.3 Å². The minimum absolute atomic E-state index is 0.230. The summed E-state index contributed by atoms with van der Waals surface area (Å²) < 4.78 is 40.2. The van der Waals surface area contributed by atoms with Crippen molar-refractivity contribution in [2.75, 3.05) is 0 Å². The van der Waals surface area contributed by atoms with Gasteiger partial charge in [0, 0.05) is 22.6 Å². The molecule has 1 heterocycles. The number of alkyl halides is 3. The second kappa shape index (κ2) is 5.70. The lowest BCUT2D eigenvalue weighted by Gasteiger charge is -2.06. The molecule has 3 rings (SSSR count). The molecule has 7 heteroatoms. The van der Waals surface area contributed by atoms with Gasteiger partial charge in [-0.2, -0.15) is 13.2 Å². The van der Waals surface area contributed by atoms with E-state index in [1.54, 1.807) is 24.3 Å². The molecule has 0 saturated heterocycles. The lowest BCUT2D eigenvalue weighted by molar-refractivity contribution is -0.141. The largest absolute Gasteiger partial charge is 0.434 e. The molecular weight excluding hydrogens is 365 g/mol. The molecule has 0 spiro atoms. The first-order valence-corrected chi connectivity index (χ1v) is 8.10. The van der Waals surface area contributed by atoms with Gasteiger partial charge in [-0.3, -0.25) is 0 Å². The highest BCUT2D eigenvalue weighted by Crippen LogP contribution is 2.38. The van der Waals surface area contributed by atoms with Gasteiger partial charge in [0.05, 0.1) is 4.88 Å². The van der Waals surface area contributed by atoms with Crippen molar-refractivity contribution in [3.8, 4) is 10.6 Å². The van der Waals surface area contributed by atoms with Gasteiger partial charge in [0.25, 0.3) is 0 Å². The van der Waals surface area contributed by atoms with Crippen molar-refractivity contribution in [1.29, 1.82) is 0 Å². The predicted molar refractivity (Wildman–Crippen MR) is 80.1 cm³/mol. The van der Waals surface area contributed by atoms with Crippen molar-refractivity contribution in [1.82, 2.24) is 10.3 Å². The summed E-state index contributed by atoms with van der Waals surface area (Å²) in [4.78, 5) is 4.07. The topological polar surface area (TPSA) is 24.9 Å². The highest BCUT2D eigenvalue weighted by molar-refractivity contribution is 9.10. The van der Waals surface area contributed by atoms with Crippen LogP contribution in [0.5, 0.6) is 0 Å². The van der Waals surface area contributed by atoms with Crippen molar-refractivity contribution in [3.63, 3.8) is 0 Å². The summed E-state index contributed by atoms with van der Waals surface area (Å²) >= 11 is 4.42. The van der Waals surface area contributed by atoms with Crippen LogP contribution < -0.4 is 5.32 Å². The van der Waals surface area contributed by atoms with Crippen LogP contribution in [0.4, 0.5) is 13.2 Å². The van der Waals surface area contributed by atoms with E-state index < -0.39 is 11.9 Å². The number of benzene rings is 1. The Kier molecular flexibility index (Phi) is 4.07. The molecule has 1 aromatic carbocycles. The molecule has 1 aliphatic carbocycles. The predicted octanol–water partition coefficient (Wildman–Crippen LogP) is 4.84. The summed E-state index contributed by atoms with van der Waals surface area (Å²) in [5, 5.41) is 3.53. The first-order chi connectivity index (χ1) is 9.93. The van der Waals surface area contributed by atoms with Gasteiger partial charge in [0.1, 0.15) is 5.01 Å². The van der Waals surface area contributed by atoms with Crippen molar-refractivity contribution in [2.24, 2.45) is 0 Å². The molecule has 21 heavy (non-hydrogen) atoms. The smallest absolute Gasteiger partial charge is 0.309 e. The Bertz CT molecular complexity index is 633. The minimum atomic E-state index is -4.41. The van der Waals surface area contributed by atoms with Crippen molar-refractivity contribution >= 4 is 27.3 Å². The molecule has 0 aliphatic heterocycles. The van der Waals surface area contributed by atoms with Crippen LogP contribution in [0, 0.1) is 0 Å². The highest BCUT2D eigenvalue weighted by atomic mass is 79.9. The van der Waals surface area contributed by atoms with Crippen LogP contribution in [0.2, 0.25) is 0 Å². The second-order valence-corrected chi connectivity index (χ2v) is 6.95. The third-order valence-corrected chi connectivity index (χ3v) is 4.82. The fourth-order valence-corrected chi connectivity index (χ4v) is 3.24. The number of nitrogens with zero attached hydrogens (tertiary/aromatic N) is 1. The van der Waals surface area contributed by atoms with Gasteiger partial charge in [-0.25, -0.2) is 4.98 Å². The summed E-state index contributed by atoms with van der Waals surface area (Å²) in [7, 11) is 0. The highest BCUT2D eigenvalue weighted by Gasteiger charge is 2.37. The Balaban J connectivity index is 1.91. The van der Waals surface area contributed by atoms with Gasteiger partial charge in [-0.15, -0.1) is 11.3 Å². The van der Waals surface area contributed by atoms with Gasteiger partial charge in [-0.05, 0) is 25.0 Å². The molecule has 0 bridgehead atoms. The van der Waals surface area contributed by atoms with Gasteiger partial charge in [0.2, 0.25) is 0 Å². The number of hydrogen-bond acceptors (Lipinski definition) is 3. The van der Waals surface area contributed by atoms with Crippen LogP contribution in [0.3, 0.4) is 0 Å². The average molecular weight is 377 g/mol. The van der Waals surface area contributed by atoms with Gasteiger partial charge < -0.3 is 5.32 Å². The summed E-state index contributed by atoms with van der Waals surface area (Å²) in [6, 6.07) is 7.49. The summed E-state index contributed by atoms with van der Waals surface area (Å²) in [6.07, 6.45) is -2.33. The number of hydrogen-bond donors (Lipinski definition) is 1. The zero-order valence-corrected chi connectivity index (χ0v) is 13.3. The van der Waals surface area contributed by atoms with Crippen molar-refractivity contribution in [3.05, 3.63) is 39.3 Å². The minimum Gasteiger partial charge on any atom is -0.309 e. The fraction of sp³-hybridized carbons (Fsp3) is 0.357. The standard InChI is InChI=1S/C14H12BrF3N2S/c15-9-3-1-8(2-4-9)13-20-12(14(16,17)18)11(21-13)7-19-10-5-6-10/h1-4,10,19H,5-7H2. The second-order valence-electron chi connectivity index (χ2n) is 4.95. The van der Waals surface area contributed by atoms with Crippen LogP contribution in [-0.2, 0) is 12.7 Å². The van der Waals surface area contributed by atoms with E-state index in [0.29, 0.717) is 16.6 Å². The molecule has 1 fully saturated rings. The van der Waals surface area contributed by atoms with E-state index in [1.807, 2.05) is 0 Å². The zero-order valence-electron chi connectivity index (χ0n) is 10.9. The van der Waals surface area contributed by atoms with E-state index in [0.717, 1.165) is 28.7 Å². The zero-order chi connectivity index (χ0) is 15.0. The molecule has 0 atom stereocenters. The SMILES string of the molecule is FC(F)(F)c1nc(-c2ccc(Br)cc2)sc1CNC1CC1. The van der Waals surface area contributed by atoms with E-state index in [1.165, 1.54) is 0 Å². The van der Waals surface area contributed by atoms with Crippen LogP contribution in [-0.4, -0.2) is 11.0 Å². The molecule has 1 saturated carbocycles. The Hall–Kier alpha value is -0.920. The van der Waals surface area contributed by atoms with Crippen LogP contribution in [0.25, 0.3) is 10.6 Å². The Morgan fingerprint density at radius 1 is 1.24 bits per heavy atom. The van der Waals surface area contributed by atoms with Crippen LogP contribution in [0.15, 0.2) is 28.7 Å². The molecular formula is C14H12BrF3N2S. The molecule has 1 aromatic heterocycles. The molecule has 112 valence electrons. The summed E-state index contributed by atoms with van der Waals surface area (Å²) in [6.45, 7) is 0.230. The summed E-state index contributed by atoms with van der Waals surface area (Å²) in [5.41, 5.74) is -0.0649. The van der Waals surface area contributed by atoms with Gasteiger partial charge >= 0.3 is 6.18 Å². The number of rotatable bonds is 4. The Morgan fingerprint density at radius 3 is 2.48 bits per heavy atom. The average Bonchev–Trinajstić information content (AvgIpc) is 3.14. The first kappa shape index (κ1) is 15.0. The molecule has 0 amide bonds. The lowest BCUT2D eigenvalue weighted by atomic mass is 10.2. The fourth-order valence-electron chi connectivity index (χ4n) is 1.93. The Morgan fingerprint density at radius 2 is 1.90 bits per heavy atom. The summed E-state index contributed by atoms with van der Waals surface area (Å²) in [5.74, 6) is 0. The molecule has 2 aromatic rings. The number of aromatic nitrogens is 1. The van der Waals surface area contributed by atoms with E-state index >= 15 is 0 Å². The molecule has 0 radical (unpaired) electrons. The third-order valence-electron chi connectivity index (χ3n) is 3.19. The maximum absolute atomic E-state index is 13.1. The molecule has 1 aliphatic rings. The first-order valence-electron chi connectivity index (χ1n) is 6.50. The number of nitrogens with one attached hydrogen (secondary N) is 1. The third kappa shape index (κ3) is 3.64. The molecule has 0 unspecified atom stereocenters. The number of halogens is 4. The normalized spacial score (nSPS) is 15.4. The maximum Gasteiger partial charge on any atom is 0.434 e. The van der Waals surface area contributed by atoms with E-state index in [2.05, 4.69) is 26.2 Å².